The van der Waals surface area contributed by atoms with E-state index in [1.807, 2.05) is 21.1 Å². The molecule has 0 amide bonds. The second kappa shape index (κ2) is 80.9. The van der Waals surface area contributed by atoms with Crippen LogP contribution in [0.3, 0.4) is 0 Å². The lowest BCUT2D eigenvalue weighted by atomic mass is 10.0. The topological polar surface area (TPSA) is 108 Å². The second-order valence-electron chi connectivity index (χ2n) is 30.1. The summed E-state index contributed by atoms with van der Waals surface area (Å²) in [7, 11) is 5.99. The Morgan fingerprint density at radius 2 is 0.570 bits per heavy atom. The molecule has 0 radical (unpaired) electrons. The van der Waals surface area contributed by atoms with Crippen LogP contribution in [-0.4, -0.2) is 87.4 Å². The number of hydrogen-bond acceptors (Lipinski definition) is 7. The summed E-state index contributed by atoms with van der Waals surface area (Å²) in [6.45, 7) is 4.81. The first-order chi connectivity index (χ1) is 49.1. The molecule has 0 aliphatic carbocycles. The molecule has 1 N–H and O–H groups in total. The molecule has 0 aromatic rings. The van der Waals surface area contributed by atoms with Gasteiger partial charge in [0.2, 0.25) is 0 Å². The number of esters is 2. The summed E-state index contributed by atoms with van der Waals surface area (Å²) in [4.78, 5) is 37.8. The number of rotatable bonds is 80. The number of hydrogen-bond donors (Lipinski definition) is 1. The lowest BCUT2D eigenvalue weighted by Gasteiger charge is -2.25. The average Bonchev–Trinajstić information content (AvgIpc) is 1.67. The number of unbranched alkanes of at least 4 members (excludes halogenated alkanes) is 49. The van der Waals surface area contributed by atoms with Crippen LogP contribution in [-0.2, 0) is 33.3 Å². The van der Waals surface area contributed by atoms with E-state index in [1.165, 1.54) is 276 Å². The van der Waals surface area contributed by atoms with Crippen LogP contribution in [0.25, 0.3) is 0 Å². The summed E-state index contributed by atoms with van der Waals surface area (Å²) in [5.74, 6) is -1.99. The Morgan fingerprint density at radius 1 is 0.310 bits per heavy atom. The molecule has 2 atom stereocenters. The molecule has 580 valence electrons. The van der Waals surface area contributed by atoms with Crippen molar-refractivity contribution in [3.8, 4) is 0 Å². The van der Waals surface area contributed by atoms with Crippen LogP contribution in [0.5, 0.6) is 0 Å². The normalized spacial score (nSPS) is 13.1. The third kappa shape index (κ3) is 81.5. The molecule has 9 nitrogen and oxygen atoms in total. The van der Waals surface area contributed by atoms with Gasteiger partial charge in [-0.2, -0.15) is 0 Å². The predicted molar refractivity (Wildman–Crippen MR) is 433 cm³/mol. The van der Waals surface area contributed by atoms with Crippen molar-refractivity contribution < 1.29 is 42.9 Å². The molecule has 0 aliphatic heterocycles. The fourth-order valence-corrected chi connectivity index (χ4v) is 12.6. The maximum absolute atomic E-state index is 13.0. The largest absolute Gasteiger partial charge is 0.477 e. The van der Waals surface area contributed by atoms with E-state index in [0.717, 1.165) is 96.3 Å². The van der Waals surface area contributed by atoms with Gasteiger partial charge in [0, 0.05) is 12.8 Å². The van der Waals surface area contributed by atoms with Crippen molar-refractivity contribution >= 4 is 17.9 Å². The van der Waals surface area contributed by atoms with E-state index >= 15 is 0 Å². The first-order valence-electron chi connectivity index (χ1n) is 42.9. The Hall–Kier alpha value is -3.79. The molecular formula is C91H164NO8+. The van der Waals surface area contributed by atoms with E-state index < -0.39 is 24.3 Å². The van der Waals surface area contributed by atoms with Crippen LogP contribution in [0.2, 0.25) is 0 Å². The zero-order valence-corrected chi connectivity index (χ0v) is 66.6. The van der Waals surface area contributed by atoms with E-state index in [2.05, 4.69) is 111 Å². The Morgan fingerprint density at radius 3 is 0.850 bits per heavy atom. The highest BCUT2D eigenvalue weighted by Crippen LogP contribution is 2.20. The van der Waals surface area contributed by atoms with Crippen molar-refractivity contribution in [1.29, 1.82) is 0 Å². The SMILES string of the molecule is CC/C=C\C/C=C\C/C=C\C/C=C\C/C=C\C/C=C\C/C=C\C/C=C\CCCCCCCCCCCCC(=O)OC(COC(=O)CCCCCCCCCCCCCCCCCCCCCCCCCCCCCCCCCCCCCCCCCC)COC(OCC[N+](C)(C)C)C(=O)O. The summed E-state index contributed by atoms with van der Waals surface area (Å²) >= 11 is 0. The zero-order valence-electron chi connectivity index (χ0n) is 66.6. The van der Waals surface area contributed by atoms with E-state index in [1.54, 1.807) is 0 Å². The molecule has 0 rings (SSSR count). The Kier molecular flexibility index (Phi) is 77.8. The third-order valence-electron chi connectivity index (χ3n) is 19.1. The van der Waals surface area contributed by atoms with Crippen molar-refractivity contribution in [2.24, 2.45) is 0 Å². The van der Waals surface area contributed by atoms with E-state index in [9.17, 15) is 19.5 Å². The minimum absolute atomic E-state index is 0.184. The highest BCUT2D eigenvalue weighted by molar-refractivity contribution is 5.71. The number of ether oxygens (including phenoxy) is 4. The monoisotopic (exact) mass is 1400 g/mol. The Bertz CT molecular complexity index is 1970. The summed E-state index contributed by atoms with van der Waals surface area (Å²) < 4.78 is 23.1. The zero-order chi connectivity index (χ0) is 72.5. The van der Waals surface area contributed by atoms with Gasteiger partial charge in [-0.3, -0.25) is 9.59 Å². The lowest BCUT2D eigenvalue weighted by molar-refractivity contribution is -0.870. The Labute approximate surface area is 620 Å². The van der Waals surface area contributed by atoms with Crippen molar-refractivity contribution in [3.05, 3.63) is 97.2 Å². The number of carbonyl (C=O) groups excluding carboxylic acids is 2. The highest BCUT2D eigenvalue weighted by atomic mass is 16.7. The summed E-state index contributed by atoms with van der Waals surface area (Å²) in [6.07, 6.45) is 110. The van der Waals surface area contributed by atoms with E-state index in [0.29, 0.717) is 23.9 Å². The number of carbonyl (C=O) groups is 3. The molecule has 0 aromatic heterocycles. The number of carboxylic acid groups (broad SMARTS) is 1. The van der Waals surface area contributed by atoms with Gasteiger partial charge < -0.3 is 28.5 Å². The van der Waals surface area contributed by atoms with E-state index in [-0.39, 0.29) is 32.2 Å². The molecule has 0 saturated carbocycles. The molecule has 2 unspecified atom stereocenters. The van der Waals surface area contributed by atoms with Gasteiger partial charge >= 0.3 is 17.9 Å². The van der Waals surface area contributed by atoms with Crippen LogP contribution in [0.15, 0.2) is 97.2 Å². The molecule has 0 fully saturated rings. The summed E-state index contributed by atoms with van der Waals surface area (Å²) in [5, 5.41) is 9.78. The minimum Gasteiger partial charge on any atom is -0.477 e. The van der Waals surface area contributed by atoms with Crippen LogP contribution < -0.4 is 0 Å². The van der Waals surface area contributed by atoms with Gasteiger partial charge in [-0.05, 0) is 77.0 Å². The van der Waals surface area contributed by atoms with Gasteiger partial charge in [0.05, 0.1) is 34.4 Å². The third-order valence-corrected chi connectivity index (χ3v) is 19.1. The number of carboxylic acids is 1. The Balaban J connectivity index is 3.98. The van der Waals surface area contributed by atoms with Gasteiger partial charge in [-0.1, -0.05) is 413 Å². The lowest BCUT2D eigenvalue weighted by Crippen LogP contribution is -2.40. The molecule has 0 bridgehead atoms. The molecule has 0 aliphatic rings. The molecule has 9 heteroatoms. The number of allylic oxidation sites excluding steroid dienone is 16. The highest BCUT2D eigenvalue weighted by Gasteiger charge is 2.25. The van der Waals surface area contributed by atoms with Gasteiger partial charge in [-0.15, -0.1) is 0 Å². The van der Waals surface area contributed by atoms with Crippen LogP contribution in [0.1, 0.15) is 406 Å². The van der Waals surface area contributed by atoms with Gasteiger partial charge in [0.25, 0.3) is 6.29 Å². The predicted octanol–water partition coefficient (Wildman–Crippen LogP) is 27.9. The second-order valence-corrected chi connectivity index (χ2v) is 30.1. The fraction of sp³-hybridized carbons (Fsp3) is 0.791. The smallest absolute Gasteiger partial charge is 0.361 e. The molecule has 0 spiro atoms. The first kappa shape index (κ1) is 96.2. The fourth-order valence-electron chi connectivity index (χ4n) is 12.6. The van der Waals surface area contributed by atoms with Crippen molar-refractivity contribution in [3.63, 3.8) is 0 Å². The van der Waals surface area contributed by atoms with E-state index in [4.69, 9.17) is 18.9 Å². The van der Waals surface area contributed by atoms with Crippen LogP contribution in [0.4, 0.5) is 0 Å². The molecule has 0 aromatic carbocycles. The van der Waals surface area contributed by atoms with Crippen LogP contribution >= 0.6 is 0 Å². The number of likely N-dealkylation sites (N-methyl/N-ethyl adjacent to an activating group) is 1. The number of aliphatic carboxylic acids is 1. The standard InChI is InChI=1S/C91H163NO8/c1-6-8-10-12-14-16-18-20-22-24-26-28-30-32-34-36-38-40-42-43-44-45-46-48-49-51-53-55-57-59-61-63-65-67-69-71-73-75-77-79-81-88(93)98-85-87(86-99-91(90(95)96)97-84-83-92(3,4)5)100-89(94)82-80-78-76-74-72-70-68-66-64-62-60-58-56-54-52-50-47-41-39-37-35-33-31-29-27-25-23-21-19-17-15-13-11-9-7-2/h9,11,15,17,21,23,27,29,33,35,39,41,50,52,56,58,87,91H,6-8,10,12-14,16,18-20,22,24-26,28,30-32,34,36-38,40,42-49,51,53-55,57,59-86H2,1-5H3/p+1/b11-9-,17-15-,23-21-,29-27-,35-33-,41-39-,52-50-,58-56-. The molecule has 0 saturated heterocycles. The summed E-state index contributed by atoms with van der Waals surface area (Å²) in [6, 6.07) is 0. The minimum atomic E-state index is -1.52. The van der Waals surface area contributed by atoms with Gasteiger partial charge in [0.15, 0.2) is 6.10 Å². The molecule has 100 heavy (non-hydrogen) atoms. The molecular weight excluding hydrogens is 1230 g/mol. The van der Waals surface area contributed by atoms with Crippen molar-refractivity contribution in [2.45, 2.75) is 418 Å². The van der Waals surface area contributed by atoms with Crippen molar-refractivity contribution in [1.82, 2.24) is 0 Å². The van der Waals surface area contributed by atoms with Gasteiger partial charge in [-0.25, -0.2) is 4.79 Å². The molecule has 0 heterocycles. The average molecular weight is 1400 g/mol. The maximum atomic E-state index is 13.0. The number of quaternary nitrogens is 1. The van der Waals surface area contributed by atoms with Crippen LogP contribution in [0, 0.1) is 0 Å². The van der Waals surface area contributed by atoms with Gasteiger partial charge in [0.1, 0.15) is 13.2 Å². The summed E-state index contributed by atoms with van der Waals surface area (Å²) in [5.41, 5.74) is 0. The first-order valence-corrected chi connectivity index (χ1v) is 42.9. The van der Waals surface area contributed by atoms with Crippen molar-refractivity contribution in [2.75, 3.05) is 47.5 Å². The maximum Gasteiger partial charge on any atom is 0.361 e. The number of nitrogens with zero attached hydrogens (tertiary/aromatic N) is 1. The quantitative estimate of drug-likeness (QED) is 0.0211.